The van der Waals surface area contributed by atoms with Crippen molar-refractivity contribution in [1.29, 1.82) is 0 Å². The monoisotopic (exact) mass is 346 g/mol. The fourth-order valence-corrected chi connectivity index (χ4v) is 3.13. The average Bonchev–Trinajstić information content (AvgIpc) is 2.61. The van der Waals surface area contributed by atoms with E-state index in [4.69, 9.17) is 4.99 Å². The lowest BCUT2D eigenvalue weighted by Gasteiger charge is -2.29. The minimum atomic E-state index is -0.0925. The first-order valence-corrected chi connectivity index (χ1v) is 9.54. The van der Waals surface area contributed by atoms with Gasteiger partial charge in [-0.05, 0) is 45.2 Å². The number of likely N-dealkylation sites (tertiary alicyclic amines) is 1. The number of rotatable bonds is 7. The van der Waals surface area contributed by atoms with Gasteiger partial charge in [0.1, 0.15) is 0 Å². The van der Waals surface area contributed by atoms with Gasteiger partial charge < -0.3 is 20.2 Å². The van der Waals surface area contributed by atoms with E-state index in [2.05, 4.69) is 60.3 Å². The molecule has 1 heterocycles. The molecule has 0 aliphatic carbocycles. The summed E-state index contributed by atoms with van der Waals surface area (Å²) >= 11 is 0. The van der Waals surface area contributed by atoms with Crippen LogP contribution < -0.4 is 5.32 Å². The molecular formula is C20H34N4O. The molecule has 5 heteroatoms. The molecule has 0 unspecified atom stereocenters. The number of hydrogen-bond acceptors (Lipinski definition) is 3. The summed E-state index contributed by atoms with van der Waals surface area (Å²) in [6.45, 7) is 9.88. The zero-order valence-corrected chi connectivity index (χ0v) is 16.0. The summed E-state index contributed by atoms with van der Waals surface area (Å²) in [6, 6.07) is 8.67. The standard InChI is InChI=1S/C20H34N4O/c1-4-21-20(23(3)16-18-8-6-17(2)7-9-18)22-12-5-13-24-14-10-19(25)11-15-24/h6-9,19,25H,4-5,10-16H2,1-3H3,(H,21,22). The van der Waals surface area contributed by atoms with E-state index in [1.54, 1.807) is 0 Å². The van der Waals surface area contributed by atoms with Crippen LogP contribution in [0.4, 0.5) is 0 Å². The zero-order chi connectivity index (χ0) is 18.1. The van der Waals surface area contributed by atoms with Crippen molar-refractivity contribution in [2.45, 2.75) is 45.8 Å². The Hall–Kier alpha value is -1.59. The molecule has 2 rings (SSSR count). The van der Waals surface area contributed by atoms with E-state index in [9.17, 15) is 5.11 Å². The Morgan fingerprint density at radius 3 is 2.60 bits per heavy atom. The van der Waals surface area contributed by atoms with E-state index >= 15 is 0 Å². The smallest absolute Gasteiger partial charge is 0.193 e. The van der Waals surface area contributed by atoms with Gasteiger partial charge in [-0.3, -0.25) is 4.99 Å². The van der Waals surface area contributed by atoms with Crippen molar-refractivity contribution in [3.05, 3.63) is 35.4 Å². The fraction of sp³-hybridized carbons (Fsp3) is 0.650. The number of nitrogens with one attached hydrogen (secondary N) is 1. The van der Waals surface area contributed by atoms with Gasteiger partial charge >= 0.3 is 0 Å². The van der Waals surface area contributed by atoms with Gasteiger partial charge in [-0.25, -0.2) is 0 Å². The van der Waals surface area contributed by atoms with Gasteiger partial charge in [-0.2, -0.15) is 0 Å². The summed E-state index contributed by atoms with van der Waals surface area (Å²) in [5.74, 6) is 0.970. The van der Waals surface area contributed by atoms with Crippen molar-refractivity contribution in [3.63, 3.8) is 0 Å². The molecule has 0 bridgehead atoms. The van der Waals surface area contributed by atoms with E-state index in [1.165, 1.54) is 11.1 Å². The third-order valence-corrected chi connectivity index (χ3v) is 4.69. The second kappa shape index (κ2) is 10.4. The van der Waals surface area contributed by atoms with Crippen LogP contribution in [0.3, 0.4) is 0 Å². The lowest BCUT2D eigenvalue weighted by Crippen LogP contribution is -2.39. The predicted octanol–water partition coefficient (Wildman–Crippen LogP) is 2.24. The average molecular weight is 347 g/mol. The number of piperidine rings is 1. The van der Waals surface area contributed by atoms with Crippen LogP contribution in [0.2, 0.25) is 0 Å². The van der Waals surface area contributed by atoms with E-state index in [0.29, 0.717) is 0 Å². The second-order valence-electron chi connectivity index (χ2n) is 7.00. The summed E-state index contributed by atoms with van der Waals surface area (Å²) in [5.41, 5.74) is 2.59. The lowest BCUT2D eigenvalue weighted by atomic mass is 10.1. The molecule has 0 saturated carbocycles. The number of aliphatic hydroxyl groups excluding tert-OH is 1. The van der Waals surface area contributed by atoms with Gasteiger partial charge in [0.25, 0.3) is 0 Å². The van der Waals surface area contributed by atoms with Gasteiger partial charge in [-0.1, -0.05) is 29.8 Å². The van der Waals surface area contributed by atoms with E-state index in [1.807, 2.05) is 0 Å². The Morgan fingerprint density at radius 2 is 1.96 bits per heavy atom. The molecular weight excluding hydrogens is 312 g/mol. The highest BCUT2D eigenvalue weighted by atomic mass is 16.3. The topological polar surface area (TPSA) is 51.1 Å². The number of aliphatic hydroxyl groups is 1. The second-order valence-corrected chi connectivity index (χ2v) is 7.00. The highest BCUT2D eigenvalue weighted by Crippen LogP contribution is 2.10. The molecule has 1 aromatic carbocycles. The molecule has 25 heavy (non-hydrogen) atoms. The Bertz CT molecular complexity index is 521. The SMILES string of the molecule is CCNC(=NCCCN1CCC(O)CC1)N(C)Cc1ccc(C)cc1. The van der Waals surface area contributed by atoms with Crippen LogP contribution >= 0.6 is 0 Å². The van der Waals surface area contributed by atoms with Crippen LogP contribution in [-0.4, -0.2) is 66.7 Å². The first kappa shape index (κ1) is 19.7. The van der Waals surface area contributed by atoms with Crippen LogP contribution in [0.1, 0.15) is 37.3 Å². The highest BCUT2D eigenvalue weighted by molar-refractivity contribution is 5.79. The Kier molecular flexibility index (Phi) is 8.22. The normalized spacial score (nSPS) is 16.9. The van der Waals surface area contributed by atoms with Gasteiger partial charge in [0.2, 0.25) is 0 Å². The van der Waals surface area contributed by atoms with Crippen molar-refractivity contribution in [2.24, 2.45) is 4.99 Å². The molecule has 0 amide bonds. The number of benzene rings is 1. The molecule has 1 aliphatic heterocycles. The molecule has 1 aliphatic rings. The number of aliphatic imine (C=N–C) groups is 1. The zero-order valence-electron chi connectivity index (χ0n) is 16.0. The molecule has 0 spiro atoms. The summed E-state index contributed by atoms with van der Waals surface area (Å²) in [7, 11) is 2.09. The van der Waals surface area contributed by atoms with E-state index < -0.39 is 0 Å². The molecule has 140 valence electrons. The van der Waals surface area contributed by atoms with E-state index in [-0.39, 0.29) is 6.10 Å². The number of guanidine groups is 1. The Labute approximate surface area is 152 Å². The van der Waals surface area contributed by atoms with Crippen molar-refractivity contribution >= 4 is 5.96 Å². The van der Waals surface area contributed by atoms with Crippen LogP contribution in [0, 0.1) is 6.92 Å². The number of nitrogens with zero attached hydrogens (tertiary/aromatic N) is 3. The van der Waals surface area contributed by atoms with E-state index in [0.717, 1.165) is 64.5 Å². The lowest BCUT2D eigenvalue weighted by molar-refractivity contribution is 0.0824. The highest BCUT2D eigenvalue weighted by Gasteiger charge is 2.16. The molecule has 1 aromatic rings. The van der Waals surface area contributed by atoms with Gasteiger partial charge in [0, 0.05) is 39.8 Å². The van der Waals surface area contributed by atoms with Crippen molar-refractivity contribution in [3.8, 4) is 0 Å². The Morgan fingerprint density at radius 1 is 1.28 bits per heavy atom. The minimum absolute atomic E-state index is 0.0925. The molecule has 2 N–H and O–H groups in total. The van der Waals surface area contributed by atoms with Crippen LogP contribution in [-0.2, 0) is 6.54 Å². The quantitative estimate of drug-likeness (QED) is 0.452. The molecule has 5 nitrogen and oxygen atoms in total. The van der Waals surface area contributed by atoms with Gasteiger partial charge in [-0.15, -0.1) is 0 Å². The first-order valence-electron chi connectivity index (χ1n) is 9.54. The van der Waals surface area contributed by atoms with Crippen LogP contribution in [0.25, 0.3) is 0 Å². The van der Waals surface area contributed by atoms with Crippen LogP contribution in [0.15, 0.2) is 29.3 Å². The van der Waals surface area contributed by atoms with Crippen molar-refractivity contribution < 1.29 is 5.11 Å². The maximum Gasteiger partial charge on any atom is 0.193 e. The summed E-state index contributed by atoms with van der Waals surface area (Å²) in [5, 5.41) is 13.0. The summed E-state index contributed by atoms with van der Waals surface area (Å²) in [6.07, 6.45) is 2.78. The third-order valence-electron chi connectivity index (χ3n) is 4.69. The molecule has 0 radical (unpaired) electrons. The number of aryl methyl sites for hydroxylation is 1. The molecule has 1 fully saturated rings. The van der Waals surface area contributed by atoms with Gasteiger partial charge in [0.05, 0.1) is 6.10 Å². The Balaban J connectivity index is 1.79. The minimum Gasteiger partial charge on any atom is -0.393 e. The first-order chi connectivity index (χ1) is 12.1. The molecule has 1 saturated heterocycles. The maximum absolute atomic E-state index is 9.57. The van der Waals surface area contributed by atoms with Crippen molar-refractivity contribution in [1.82, 2.24) is 15.1 Å². The third kappa shape index (κ3) is 7.04. The predicted molar refractivity (Wildman–Crippen MR) is 105 cm³/mol. The van der Waals surface area contributed by atoms with Gasteiger partial charge in [0.15, 0.2) is 5.96 Å². The van der Waals surface area contributed by atoms with Crippen molar-refractivity contribution in [2.75, 3.05) is 39.8 Å². The summed E-state index contributed by atoms with van der Waals surface area (Å²) in [4.78, 5) is 9.40. The molecule has 0 aromatic heterocycles. The largest absolute Gasteiger partial charge is 0.393 e. The summed E-state index contributed by atoms with van der Waals surface area (Å²) < 4.78 is 0. The van der Waals surface area contributed by atoms with Crippen LogP contribution in [0.5, 0.6) is 0 Å². The fourth-order valence-electron chi connectivity index (χ4n) is 3.13. The molecule has 0 atom stereocenters. The maximum atomic E-state index is 9.57. The number of hydrogen-bond donors (Lipinski definition) is 2.